The number of rotatable bonds is 3. The molecule has 5 heteroatoms. The second kappa shape index (κ2) is 6.56. The summed E-state index contributed by atoms with van der Waals surface area (Å²) in [4.78, 5) is 23.8. The van der Waals surface area contributed by atoms with Crippen molar-refractivity contribution < 1.29 is 14.3 Å². The Hall–Kier alpha value is -2.82. The van der Waals surface area contributed by atoms with Crippen LogP contribution in [0.3, 0.4) is 0 Å². The minimum atomic E-state index is -0.405. The Balaban J connectivity index is 2.00. The molecule has 0 fully saturated rings. The third-order valence-corrected chi connectivity index (χ3v) is 3.00. The number of hydrogen-bond donors (Lipinski definition) is 2. The van der Waals surface area contributed by atoms with E-state index in [0.717, 1.165) is 5.56 Å². The number of hydrazine groups is 1. The molecule has 108 valence electrons. The van der Waals surface area contributed by atoms with Crippen LogP contribution >= 0.6 is 0 Å². The molecule has 2 aromatic carbocycles. The standard InChI is InChI=1S/C16H16N2O3/c1-11-8-9-13(10-14(11)21-2)16(20)18-17-15(19)12-6-4-3-5-7-12/h3-10H,1-2H3,(H,17,19)(H,18,20). The molecule has 21 heavy (non-hydrogen) atoms. The molecule has 2 rings (SSSR count). The average Bonchev–Trinajstić information content (AvgIpc) is 2.53. The minimum absolute atomic E-state index is 0.372. The Kier molecular flexibility index (Phi) is 4.56. The number of carbonyl (C=O) groups is 2. The highest BCUT2D eigenvalue weighted by Crippen LogP contribution is 2.18. The quantitative estimate of drug-likeness (QED) is 0.848. The third-order valence-electron chi connectivity index (χ3n) is 3.00. The van der Waals surface area contributed by atoms with Crippen LogP contribution in [-0.2, 0) is 0 Å². The van der Waals surface area contributed by atoms with Gasteiger partial charge in [0.25, 0.3) is 11.8 Å². The van der Waals surface area contributed by atoms with E-state index >= 15 is 0 Å². The third kappa shape index (κ3) is 3.60. The summed E-state index contributed by atoms with van der Waals surface area (Å²) in [5.74, 6) is -0.155. The molecule has 2 amide bonds. The van der Waals surface area contributed by atoms with Gasteiger partial charge in [-0.1, -0.05) is 24.3 Å². The zero-order chi connectivity index (χ0) is 15.2. The summed E-state index contributed by atoms with van der Waals surface area (Å²) < 4.78 is 5.16. The number of benzene rings is 2. The monoisotopic (exact) mass is 284 g/mol. The molecule has 0 bridgehead atoms. The molecule has 0 aliphatic carbocycles. The fraction of sp³-hybridized carbons (Fsp3) is 0.125. The Labute approximate surface area is 122 Å². The SMILES string of the molecule is COc1cc(C(=O)NNC(=O)c2ccccc2)ccc1C. The van der Waals surface area contributed by atoms with E-state index in [1.807, 2.05) is 13.0 Å². The van der Waals surface area contributed by atoms with Gasteiger partial charge in [-0.3, -0.25) is 20.4 Å². The van der Waals surface area contributed by atoms with E-state index in [4.69, 9.17) is 4.74 Å². The molecule has 2 aromatic rings. The number of aryl methyl sites for hydroxylation is 1. The maximum Gasteiger partial charge on any atom is 0.269 e. The molecule has 0 spiro atoms. The first-order chi connectivity index (χ1) is 10.1. The van der Waals surface area contributed by atoms with Crippen molar-refractivity contribution in [3.8, 4) is 5.75 Å². The van der Waals surface area contributed by atoms with E-state index in [9.17, 15) is 9.59 Å². The van der Waals surface area contributed by atoms with Gasteiger partial charge in [0.15, 0.2) is 0 Å². The van der Waals surface area contributed by atoms with Crippen molar-refractivity contribution >= 4 is 11.8 Å². The van der Waals surface area contributed by atoms with E-state index in [0.29, 0.717) is 16.9 Å². The van der Waals surface area contributed by atoms with Gasteiger partial charge in [-0.25, -0.2) is 0 Å². The van der Waals surface area contributed by atoms with E-state index in [2.05, 4.69) is 10.9 Å². The number of carbonyl (C=O) groups excluding carboxylic acids is 2. The molecule has 0 heterocycles. The summed E-state index contributed by atoms with van der Waals surface area (Å²) >= 11 is 0. The lowest BCUT2D eigenvalue weighted by Gasteiger charge is -2.09. The Morgan fingerprint density at radius 1 is 0.905 bits per heavy atom. The fourth-order valence-electron chi connectivity index (χ4n) is 1.81. The van der Waals surface area contributed by atoms with E-state index in [1.165, 1.54) is 0 Å². The highest BCUT2D eigenvalue weighted by atomic mass is 16.5. The van der Waals surface area contributed by atoms with Crippen LogP contribution in [0.1, 0.15) is 26.3 Å². The van der Waals surface area contributed by atoms with Crippen LogP contribution in [0.25, 0.3) is 0 Å². The molecule has 2 N–H and O–H groups in total. The summed E-state index contributed by atoms with van der Waals surface area (Å²) in [6, 6.07) is 13.7. The van der Waals surface area contributed by atoms with Crippen molar-refractivity contribution in [2.45, 2.75) is 6.92 Å². The topological polar surface area (TPSA) is 67.4 Å². The summed E-state index contributed by atoms with van der Waals surface area (Å²) in [7, 11) is 1.54. The van der Waals surface area contributed by atoms with Gasteiger partial charge in [0.05, 0.1) is 7.11 Å². The zero-order valence-corrected chi connectivity index (χ0v) is 11.8. The number of methoxy groups -OCH3 is 1. The summed E-state index contributed by atoms with van der Waals surface area (Å²) in [6.45, 7) is 1.89. The van der Waals surface area contributed by atoms with Crippen LogP contribution < -0.4 is 15.6 Å². The van der Waals surface area contributed by atoms with Crippen LogP contribution in [0.2, 0.25) is 0 Å². The van der Waals surface area contributed by atoms with Gasteiger partial charge in [-0.05, 0) is 36.8 Å². The van der Waals surface area contributed by atoms with E-state index in [-0.39, 0.29) is 5.91 Å². The van der Waals surface area contributed by atoms with Crippen molar-refractivity contribution in [2.75, 3.05) is 7.11 Å². The predicted molar refractivity (Wildman–Crippen MR) is 79.1 cm³/mol. The smallest absolute Gasteiger partial charge is 0.269 e. The van der Waals surface area contributed by atoms with Crippen molar-refractivity contribution in [3.63, 3.8) is 0 Å². The molecule has 0 aromatic heterocycles. The molecule has 0 saturated heterocycles. The van der Waals surface area contributed by atoms with Gasteiger partial charge >= 0.3 is 0 Å². The first-order valence-electron chi connectivity index (χ1n) is 6.42. The Morgan fingerprint density at radius 2 is 1.52 bits per heavy atom. The van der Waals surface area contributed by atoms with Gasteiger partial charge in [-0.2, -0.15) is 0 Å². The second-order valence-corrected chi connectivity index (χ2v) is 4.46. The number of ether oxygens (including phenoxy) is 1. The second-order valence-electron chi connectivity index (χ2n) is 4.46. The fourth-order valence-corrected chi connectivity index (χ4v) is 1.81. The number of amides is 2. The van der Waals surface area contributed by atoms with Crippen LogP contribution in [-0.4, -0.2) is 18.9 Å². The minimum Gasteiger partial charge on any atom is -0.496 e. The average molecular weight is 284 g/mol. The van der Waals surface area contributed by atoms with Crippen molar-refractivity contribution in [1.29, 1.82) is 0 Å². The van der Waals surface area contributed by atoms with Crippen LogP contribution in [0.5, 0.6) is 5.75 Å². The highest BCUT2D eigenvalue weighted by molar-refractivity contribution is 5.99. The summed E-state index contributed by atoms with van der Waals surface area (Å²) in [5.41, 5.74) is 6.56. The Morgan fingerprint density at radius 3 is 2.14 bits per heavy atom. The van der Waals surface area contributed by atoms with Crippen LogP contribution in [0, 0.1) is 6.92 Å². The molecule has 0 atom stereocenters. The molecule has 0 aliphatic heterocycles. The van der Waals surface area contributed by atoms with Gasteiger partial charge in [0.1, 0.15) is 5.75 Å². The van der Waals surface area contributed by atoms with Crippen LogP contribution in [0.15, 0.2) is 48.5 Å². The maximum absolute atomic E-state index is 12.0. The molecular formula is C16H16N2O3. The molecule has 0 aliphatic rings. The first-order valence-corrected chi connectivity index (χ1v) is 6.42. The largest absolute Gasteiger partial charge is 0.496 e. The molecular weight excluding hydrogens is 268 g/mol. The lowest BCUT2D eigenvalue weighted by atomic mass is 10.1. The normalized spacial score (nSPS) is 9.81. The van der Waals surface area contributed by atoms with Crippen molar-refractivity contribution in [3.05, 3.63) is 65.2 Å². The first kappa shape index (κ1) is 14.6. The maximum atomic E-state index is 12.0. The molecule has 0 saturated carbocycles. The number of nitrogens with one attached hydrogen (secondary N) is 2. The van der Waals surface area contributed by atoms with Crippen molar-refractivity contribution in [2.24, 2.45) is 0 Å². The van der Waals surface area contributed by atoms with E-state index in [1.54, 1.807) is 49.6 Å². The van der Waals surface area contributed by atoms with E-state index < -0.39 is 5.91 Å². The highest BCUT2D eigenvalue weighted by Gasteiger charge is 2.10. The van der Waals surface area contributed by atoms with Gasteiger partial charge in [-0.15, -0.1) is 0 Å². The molecule has 0 unspecified atom stereocenters. The van der Waals surface area contributed by atoms with Gasteiger partial charge in [0, 0.05) is 11.1 Å². The van der Waals surface area contributed by atoms with Crippen molar-refractivity contribution in [1.82, 2.24) is 10.9 Å². The number of hydrogen-bond acceptors (Lipinski definition) is 3. The molecule has 0 radical (unpaired) electrons. The lowest BCUT2D eigenvalue weighted by Crippen LogP contribution is -2.41. The molecule has 5 nitrogen and oxygen atoms in total. The summed E-state index contributed by atoms with van der Waals surface area (Å²) in [5, 5.41) is 0. The predicted octanol–water partition coefficient (Wildman–Crippen LogP) is 2.08. The summed E-state index contributed by atoms with van der Waals surface area (Å²) in [6.07, 6.45) is 0. The Bertz CT molecular complexity index is 654. The van der Waals surface area contributed by atoms with Gasteiger partial charge in [0.2, 0.25) is 0 Å². The zero-order valence-electron chi connectivity index (χ0n) is 11.8. The lowest BCUT2D eigenvalue weighted by molar-refractivity contribution is 0.0846. The van der Waals surface area contributed by atoms with Crippen LogP contribution in [0.4, 0.5) is 0 Å². The van der Waals surface area contributed by atoms with Gasteiger partial charge < -0.3 is 4.74 Å².